The highest BCUT2D eigenvalue weighted by Crippen LogP contribution is 2.24. The fraction of sp³-hybridized carbons (Fsp3) is 0.286. The maximum atomic E-state index is 13.4. The minimum atomic E-state index is -0.770. The van der Waals surface area contributed by atoms with Gasteiger partial charge in [0.05, 0.1) is 30.8 Å². The summed E-state index contributed by atoms with van der Waals surface area (Å²) in [6, 6.07) is 6.24. The number of hydrogen-bond acceptors (Lipinski definition) is 6. The first-order valence-corrected chi connectivity index (χ1v) is 9.91. The zero-order chi connectivity index (χ0) is 21.1. The second kappa shape index (κ2) is 8.48. The van der Waals surface area contributed by atoms with E-state index in [1.807, 2.05) is 5.38 Å². The quantitative estimate of drug-likeness (QED) is 0.466. The molecule has 0 saturated carbocycles. The summed E-state index contributed by atoms with van der Waals surface area (Å²) in [5.41, 5.74) is 1.69. The van der Waals surface area contributed by atoms with E-state index in [2.05, 4.69) is 4.98 Å². The van der Waals surface area contributed by atoms with Crippen LogP contribution in [0.25, 0.3) is 0 Å². The van der Waals surface area contributed by atoms with Crippen LogP contribution in [0.4, 0.5) is 0 Å². The molecule has 1 amide bonds. The fourth-order valence-electron chi connectivity index (χ4n) is 3.27. The number of methoxy groups -OCH3 is 1. The number of carbonyl (C=O) groups excluding carboxylic acids is 3. The predicted octanol–water partition coefficient (Wildman–Crippen LogP) is 3.99. The molecule has 0 radical (unpaired) electrons. The number of esters is 1. The van der Waals surface area contributed by atoms with Crippen LogP contribution in [0.5, 0.6) is 0 Å². The van der Waals surface area contributed by atoms with Gasteiger partial charge in [0.1, 0.15) is 11.5 Å². The number of hydrogen-bond donors (Lipinski definition) is 1. The van der Waals surface area contributed by atoms with Crippen LogP contribution in [0.3, 0.4) is 0 Å². The van der Waals surface area contributed by atoms with Gasteiger partial charge in [-0.15, -0.1) is 11.3 Å². The first kappa shape index (κ1) is 20.6. The lowest BCUT2D eigenvalue weighted by Crippen LogP contribution is -2.42. The zero-order valence-corrected chi connectivity index (χ0v) is 17.5. The Labute approximate surface area is 172 Å². The maximum Gasteiger partial charge on any atom is 0.354 e. The third kappa shape index (κ3) is 4.02. The minimum absolute atomic E-state index is 0.156. The molecule has 0 aliphatic carbocycles. The number of ether oxygens (including phenoxy) is 1. The molecule has 29 heavy (non-hydrogen) atoms. The van der Waals surface area contributed by atoms with E-state index in [0.717, 1.165) is 0 Å². The minimum Gasteiger partial charge on any atom is -0.467 e. The van der Waals surface area contributed by atoms with E-state index in [4.69, 9.17) is 9.15 Å². The number of nitrogens with zero attached hydrogens (tertiary/aromatic N) is 1. The summed E-state index contributed by atoms with van der Waals surface area (Å²) in [7, 11) is 1.28. The van der Waals surface area contributed by atoms with E-state index in [1.165, 1.54) is 29.6 Å². The number of ketones is 1. The van der Waals surface area contributed by atoms with Gasteiger partial charge in [0, 0.05) is 11.3 Å². The summed E-state index contributed by atoms with van der Waals surface area (Å²) < 4.78 is 10.2. The third-order valence-electron chi connectivity index (χ3n) is 4.82. The topological polar surface area (TPSA) is 92.6 Å². The largest absolute Gasteiger partial charge is 0.467 e. The summed E-state index contributed by atoms with van der Waals surface area (Å²) in [4.78, 5) is 43.4. The number of rotatable bonds is 7. The second-order valence-corrected chi connectivity index (χ2v) is 7.59. The van der Waals surface area contributed by atoms with Gasteiger partial charge < -0.3 is 19.0 Å². The van der Waals surface area contributed by atoms with Crippen LogP contribution in [0, 0.1) is 13.8 Å². The van der Waals surface area contributed by atoms with Crippen LogP contribution in [-0.2, 0) is 11.3 Å². The Balaban J connectivity index is 1.96. The van der Waals surface area contributed by atoms with Crippen molar-refractivity contribution in [3.05, 3.63) is 69.1 Å². The Morgan fingerprint density at radius 1 is 1.24 bits per heavy atom. The van der Waals surface area contributed by atoms with Crippen LogP contribution >= 0.6 is 11.3 Å². The lowest BCUT2D eigenvalue weighted by atomic mass is 9.99. The SMILES string of the molecule is COC(=O)c1[nH]c(C)c(C(=O)C(C)N(Cc2ccco2)C(=O)c2cccs2)c1C. The molecule has 0 bridgehead atoms. The number of nitrogens with one attached hydrogen (secondary N) is 1. The van der Waals surface area contributed by atoms with Crippen LogP contribution in [0.2, 0.25) is 0 Å². The van der Waals surface area contributed by atoms with Gasteiger partial charge in [-0.1, -0.05) is 6.07 Å². The van der Waals surface area contributed by atoms with Crippen molar-refractivity contribution in [3.8, 4) is 0 Å². The molecule has 0 saturated heterocycles. The summed E-state index contributed by atoms with van der Waals surface area (Å²) >= 11 is 1.31. The number of aromatic amines is 1. The fourth-order valence-corrected chi connectivity index (χ4v) is 3.95. The zero-order valence-electron chi connectivity index (χ0n) is 16.6. The Hall–Kier alpha value is -3.13. The first-order valence-electron chi connectivity index (χ1n) is 9.03. The molecule has 3 aromatic heterocycles. The van der Waals surface area contributed by atoms with Crippen molar-refractivity contribution >= 4 is 29.0 Å². The van der Waals surface area contributed by atoms with Crippen molar-refractivity contribution in [1.82, 2.24) is 9.88 Å². The Morgan fingerprint density at radius 3 is 2.59 bits per heavy atom. The molecule has 1 unspecified atom stereocenters. The van der Waals surface area contributed by atoms with Gasteiger partial charge in [-0.3, -0.25) is 9.59 Å². The molecule has 0 aliphatic heterocycles. The van der Waals surface area contributed by atoms with Crippen molar-refractivity contribution in [2.24, 2.45) is 0 Å². The van der Waals surface area contributed by atoms with Crippen molar-refractivity contribution in [2.45, 2.75) is 33.4 Å². The number of thiophene rings is 1. The Morgan fingerprint density at radius 2 is 2.00 bits per heavy atom. The lowest BCUT2D eigenvalue weighted by molar-refractivity contribution is 0.0591. The standard InChI is InChI=1S/C21H22N2O5S/c1-12-17(13(2)22-18(12)21(26)27-4)19(24)14(3)23(11-15-7-5-9-28-15)20(25)16-8-6-10-29-16/h5-10,14,22H,11H2,1-4H3. The van der Waals surface area contributed by atoms with Crippen molar-refractivity contribution < 1.29 is 23.5 Å². The molecular formula is C21H22N2O5S. The maximum absolute atomic E-state index is 13.4. The molecule has 0 aliphatic rings. The van der Waals surface area contributed by atoms with E-state index in [1.54, 1.807) is 45.0 Å². The van der Waals surface area contributed by atoms with E-state index >= 15 is 0 Å². The molecule has 3 aromatic rings. The molecule has 0 spiro atoms. The van der Waals surface area contributed by atoms with E-state index < -0.39 is 12.0 Å². The molecule has 8 heteroatoms. The van der Waals surface area contributed by atoms with Gasteiger partial charge >= 0.3 is 5.97 Å². The predicted molar refractivity (Wildman–Crippen MR) is 108 cm³/mol. The molecule has 1 N–H and O–H groups in total. The van der Waals surface area contributed by atoms with E-state index in [9.17, 15) is 14.4 Å². The molecule has 0 aromatic carbocycles. The number of aromatic nitrogens is 1. The molecule has 0 fully saturated rings. The van der Waals surface area contributed by atoms with Gasteiger partial charge in [0.25, 0.3) is 5.91 Å². The van der Waals surface area contributed by atoms with Gasteiger partial charge in [0.2, 0.25) is 0 Å². The van der Waals surface area contributed by atoms with Crippen LogP contribution in [0.15, 0.2) is 40.3 Å². The molecule has 3 rings (SSSR count). The van der Waals surface area contributed by atoms with Gasteiger partial charge in [-0.05, 0) is 49.9 Å². The average molecular weight is 414 g/mol. The molecule has 3 heterocycles. The lowest BCUT2D eigenvalue weighted by Gasteiger charge is -2.27. The van der Waals surface area contributed by atoms with Crippen molar-refractivity contribution in [3.63, 3.8) is 0 Å². The second-order valence-electron chi connectivity index (χ2n) is 6.65. The normalized spacial score (nSPS) is 11.9. The third-order valence-corrected chi connectivity index (χ3v) is 5.68. The highest BCUT2D eigenvalue weighted by molar-refractivity contribution is 7.12. The Kier molecular flexibility index (Phi) is 6.03. The number of furan rings is 1. The summed E-state index contributed by atoms with van der Waals surface area (Å²) in [6.07, 6.45) is 1.53. The monoisotopic (exact) mass is 414 g/mol. The molecular weight excluding hydrogens is 392 g/mol. The Bertz CT molecular complexity index is 1020. The molecule has 7 nitrogen and oxygen atoms in total. The first-order chi connectivity index (χ1) is 13.8. The van der Waals surface area contributed by atoms with Crippen LogP contribution < -0.4 is 0 Å². The number of H-pyrrole nitrogens is 1. The van der Waals surface area contributed by atoms with Gasteiger partial charge in [-0.2, -0.15) is 0 Å². The highest BCUT2D eigenvalue weighted by atomic mass is 32.1. The van der Waals surface area contributed by atoms with Crippen LogP contribution in [-0.4, -0.2) is 40.7 Å². The molecule has 1 atom stereocenters. The van der Waals surface area contributed by atoms with Crippen molar-refractivity contribution in [1.29, 1.82) is 0 Å². The smallest absolute Gasteiger partial charge is 0.354 e. The summed E-state index contributed by atoms with van der Waals surface area (Å²) in [5.74, 6) is -0.481. The molecule has 152 valence electrons. The summed E-state index contributed by atoms with van der Waals surface area (Å²) in [6.45, 7) is 5.24. The number of carbonyl (C=O) groups is 3. The number of Topliss-reactive ketones (excluding diaryl/α,β-unsaturated/α-hetero) is 1. The summed E-state index contributed by atoms with van der Waals surface area (Å²) in [5, 5.41) is 1.81. The van der Waals surface area contributed by atoms with Crippen LogP contribution in [0.1, 0.15) is 54.5 Å². The van der Waals surface area contributed by atoms with Gasteiger partial charge in [0.15, 0.2) is 5.78 Å². The van der Waals surface area contributed by atoms with Gasteiger partial charge in [-0.25, -0.2) is 4.79 Å². The number of amides is 1. The highest BCUT2D eigenvalue weighted by Gasteiger charge is 2.32. The number of aryl methyl sites for hydroxylation is 1. The average Bonchev–Trinajstić information content (AvgIpc) is 3.46. The van der Waals surface area contributed by atoms with E-state index in [0.29, 0.717) is 27.5 Å². The van der Waals surface area contributed by atoms with E-state index in [-0.39, 0.29) is 23.9 Å². The van der Waals surface area contributed by atoms with Crippen molar-refractivity contribution in [2.75, 3.05) is 7.11 Å².